The highest BCUT2D eigenvalue weighted by molar-refractivity contribution is 5.96. The minimum Gasteiger partial charge on any atom is -0.478 e. The van der Waals surface area contributed by atoms with Crippen LogP contribution < -0.4 is 0 Å². The van der Waals surface area contributed by atoms with E-state index in [2.05, 4.69) is 13.8 Å². The molecule has 0 spiro atoms. The molecule has 1 aromatic heterocycles. The van der Waals surface area contributed by atoms with E-state index in [4.69, 9.17) is 4.42 Å². The summed E-state index contributed by atoms with van der Waals surface area (Å²) in [5.74, 6) is -0.725. The van der Waals surface area contributed by atoms with Crippen LogP contribution in [0.15, 0.2) is 10.5 Å². The van der Waals surface area contributed by atoms with Gasteiger partial charge in [0.25, 0.3) is 5.91 Å². The van der Waals surface area contributed by atoms with E-state index in [-0.39, 0.29) is 22.6 Å². The molecule has 2 heterocycles. The van der Waals surface area contributed by atoms with Gasteiger partial charge in [-0.05, 0) is 24.7 Å². The first kappa shape index (κ1) is 16.6. The van der Waals surface area contributed by atoms with Crippen LogP contribution in [-0.2, 0) is 6.42 Å². The van der Waals surface area contributed by atoms with Crippen molar-refractivity contribution in [2.75, 3.05) is 13.1 Å². The predicted molar refractivity (Wildman–Crippen MR) is 83.2 cm³/mol. The average molecular weight is 307 g/mol. The van der Waals surface area contributed by atoms with Crippen molar-refractivity contribution >= 4 is 11.9 Å². The summed E-state index contributed by atoms with van der Waals surface area (Å²) in [4.78, 5) is 25.6. The van der Waals surface area contributed by atoms with Gasteiger partial charge in [0, 0.05) is 25.6 Å². The summed E-state index contributed by atoms with van der Waals surface area (Å²) in [5.41, 5.74) is 0.248. The van der Waals surface area contributed by atoms with Gasteiger partial charge in [-0.1, -0.05) is 27.2 Å². The van der Waals surface area contributed by atoms with Gasteiger partial charge >= 0.3 is 5.97 Å². The lowest BCUT2D eigenvalue weighted by Gasteiger charge is -2.40. The van der Waals surface area contributed by atoms with Crippen molar-refractivity contribution in [1.82, 2.24) is 4.90 Å². The van der Waals surface area contributed by atoms with Crippen LogP contribution in [0.25, 0.3) is 0 Å². The average Bonchev–Trinajstić information content (AvgIpc) is 2.91. The van der Waals surface area contributed by atoms with Crippen LogP contribution in [0.4, 0.5) is 0 Å². The van der Waals surface area contributed by atoms with Gasteiger partial charge in [-0.15, -0.1) is 0 Å². The van der Waals surface area contributed by atoms with E-state index in [1.807, 2.05) is 11.8 Å². The molecular formula is C17H25NO4. The number of carbonyl (C=O) groups is 2. The third-order valence-electron chi connectivity index (χ3n) is 4.49. The first-order valence-electron chi connectivity index (χ1n) is 8.05. The fourth-order valence-corrected chi connectivity index (χ4v) is 3.43. The molecule has 1 atom stereocenters. The van der Waals surface area contributed by atoms with Gasteiger partial charge < -0.3 is 14.4 Å². The first-order valence-corrected chi connectivity index (χ1v) is 8.05. The summed E-state index contributed by atoms with van der Waals surface area (Å²) in [5, 5.41) is 9.17. The molecule has 1 fully saturated rings. The largest absolute Gasteiger partial charge is 0.478 e. The number of furan rings is 1. The standard InChI is InChI=1S/C17H25NO4/c1-4-7-17(3)8-6-9-18(11-17)15(19)14-10-12(16(20)21)13(5-2)22-14/h10H,4-9,11H2,1-3H3,(H,20,21). The number of aromatic carboxylic acids is 1. The second-order valence-electron chi connectivity index (χ2n) is 6.50. The smallest absolute Gasteiger partial charge is 0.339 e. The van der Waals surface area contributed by atoms with Gasteiger partial charge in [-0.2, -0.15) is 0 Å². The highest BCUT2D eigenvalue weighted by atomic mass is 16.4. The summed E-state index contributed by atoms with van der Waals surface area (Å²) >= 11 is 0. The Morgan fingerprint density at radius 1 is 1.41 bits per heavy atom. The molecule has 0 aliphatic carbocycles. The number of piperidine rings is 1. The summed E-state index contributed by atoms with van der Waals surface area (Å²) in [6.07, 6.45) is 4.76. The summed E-state index contributed by atoms with van der Waals surface area (Å²) in [7, 11) is 0. The molecule has 0 bridgehead atoms. The Morgan fingerprint density at radius 2 is 2.14 bits per heavy atom. The number of hydrogen-bond acceptors (Lipinski definition) is 3. The number of carbonyl (C=O) groups excluding carboxylic acids is 1. The Morgan fingerprint density at radius 3 is 2.68 bits per heavy atom. The Balaban J connectivity index is 2.19. The van der Waals surface area contributed by atoms with Crippen LogP contribution in [0, 0.1) is 5.41 Å². The maximum Gasteiger partial charge on any atom is 0.339 e. The van der Waals surface area contributed by atoms with Crippen LogP contribution in [0.5, 0.6) is 0 Å². The van der Waals surface area contributed by atoms with Crippen LogP contribution >= 0.6 is 0 Å². The molecule has 0 radical (unpaired) electrons. The molecule has 0 aromatic carbocycles. The van der Waals surface area contributed by atoms with Crippen LogP contribution in [0.3, 0.4) is 0 Å². The van der Waals surface area contributed by atoms with Gasteiger partial charge in [-0.25, -0.2) is 4.79 Å². The normalized spacial score (nSPS) is 21.9. The number of carboxylic acids is 1. The summed E-state index contributed by atoms with van der Waals surface area (Å²) < 4.78 is 5.50. The van der Waals surface area contributed by atoms with Crippen molar-refractivity contribution in [3.63, 3.8) is 0 Å². The van der Waals surface area contributed by atoms with E-state index in [1.165, 1.54) is 6.07 Å². The van der Waals surface area contributed by atoms with Gasteiger partial charge in [0.1, 0.15) is 11.3 Å². The van der Waals surface area contributed by atoms with E-state index < -0.39 is 5.97 Å². The van der Waals surface area contributed by atoms with Gasteiger partial charge in [0.15, 0.2) is 5.76 Å². The van der Waals surface area contributed by atoms with Crippen molar-refractivity contribution in [3.8, 4) is 0 Å². The van der Waals surface area contributed by atoms with Crippen molar-refractivity contribution in [3.05, 3.63) is 23.2 Å². The molecule has 1 aromatic rings. The molecule has 5 nitrogen and oxygen atoms in total. The molecule has 1 aliphatic rings. The molecule has 0 saturated carbocycles. The number of hydrogen-bond donors (Lipinski definition) is 1. The van der Waals surface area contributed by atoms with Crippen LogP contribution in [0.1, 0.15) is 73.1 Å². The third-order valence-corrected chi connectivity index (χ3v) is 4.49. The van der Waals surface area contributed by atoms with Crippen LogP contribution in [-0.4, -0.2) is 35.0 Å². The van der Waals surface area contributed by atoms with E-state index in [0.717, 1.165) is 25.7 Å². The molecule has 1 amide bonds. The first-order chi connectivity index (χ1) is 10.4. The lowest BCUT2D eigenvalue weighted by molar-refractivity contribution is 0.0499. The molecule has 22 heavy (non-hydrogen) atoms. The number of aryl methyl sites for hydroxylation is 1. The maximum atomic E-state index is 12.6. The number of carboxylic acid groups (broad SMARTS) is 1. The second kappa shape index (κ2) is 6.55. The number of nitrogens with zero attached hydrogens (tertiary/aromatic N) is 1. The monoisotopic (exact) mass is 307 g/mol. The van der Waals surface area contributed by atoms with Crippen LogP contribution in [0.2, 0.25) is 0 Å². The fourth-order valence-electron chi connectivity index (χ4n) is 3.43. The number of amides is 1. The Labute approximate surface area is 131 Å². The molecule has 1 aliphatic heterocycles. The summed E-state index contributed by atoms with van der Waals surface area (Å²) in [6, 6.07) is 1.37. The summed E-state index contributed by atoms with van der Waals surface area (Å²) in [6.45, 7) is 7.62. The SMILES string of the molecule is CCCC1(C)CCCN(C(=O)c2cc(C(=O)O)c(CC)o2)C1. The zero-order valence-electron chi connectivity index (χ0n) is 13.6. The molecule has 2 rings (SSSR count). The number of likely N-dealkylation sites (tertiary alicyclic amines) is 1. The van der Waals surface area contributed by atoms with E-state index in [1.54, 1.807) is 0 Å². The zero-order valence-corrected chi connectivity index (χ0v) is 13.6. The third kappa shape index (κ3) is 3.34. The van der Waals surface area contributed by atoms with Gasteiger partial charge in [-0.3, -0.25) is 4.79 Å². The van der Waals surface area contributed by atoms with Crippen molar-refractivity contribution in [1.29, 1.82) is 0 Å². The van der Waals surface area contributed by atoms with Gasteiger partial charge in [0.2, 0.25) is 0 Å². The molecule has 1 unspecified atom stereocenters. The van der Waals surface area contributed by atoms with Crippen molar-refractivity contribution in [2.45, 2.75) is 52.9 Å². The lowest BCUT2D eigenvalue weighted by atomic mass is 9.78. The van der Waals surface area contributed by atoms with Crippen molar-refractivity contribution < 1.29 is 19.1 Å². The maximum absolute atomic E-state index is 12.6. The minimum atomic E-state index is -1.05. The lowest BCUT2D eigenvalue weighted by Crippen LogP contribution is -2.44. The van der Waals surface area contributed by atoms with E-state index in [0.29, 0.717) is 25.3 Å². The van der Waals surface area contributed by atoms with Crippen molar-refractivity contribution in [2.24, 2.45) is 5.41 Å². The zero-order chi connectivity index (χ0) is 16.3. The quantitative estimate of drug-likeness (QED) is 0.902. The molecular weight excluding hydrogens is 282 g/mol. The fraction of sp³-hybridized carbons (Fsp3) is 0.647. The molecule has 1 N–H and O–H groups in total. The highest BCUT2D eigenvalue weighted by Gasteiger charge is 2.34. The highest BCUT2D eigenvalue weighted by Crippen LogP contribution is 2.34. The Bertz CT molecular complexity index is 559. The number of rotatable bonds is 5. The molecule has 1 saturated heterocycles. The Kier molecular flexibility index (Phi) is 4.94. The molecule has 122 valence electrons. The minimum absolute atomic E-state index is 0.0965. The van der Waals surface area contributed by atoms with Gasteiger partial charge in [0.05, 0.1) is 0 Å². The second-order valence-corrected chi connectivity index (χ2v) is 6.50. The topological polar surface area (TPSA) is 70.8 Å². The predicted octanol–water partition coefficient (Wildman–Crippen LogP) is 3.58. The molecule has 5 heteroatoms. The van der Waals surface area contributed by atoms with E-state index in [9.17, 15) is 14.7 Å². The Hall–Kier alpha value is -1.78. The van der Waals surface area contributed by atoms with E-state index >= 15 is 0 Å².